The van der Waals surface area contributed by atoms with Crippen LogP contribution in [0.1, 0.15) is 56.5 Å². The molecule has 0 saturated heterocycles. The lowest BCUT2D eigenvalue weighted by Crippen LogP contribution is -2.29. The van der Waals surface area contributed by atoms with Gasteiger partial charge in [0.05, 0.1) is 25.9 Å². The number of ether oxygens (including phenoxy) is 3. The maximum absolute atomic E-state index is 8.68. The minimum Gasteiger partial charge on any atom is -0.423 e. The Labute approximate surface area is 429 Å². The number of benzene rings is 5. The molecule has 3 heterocycles. The third-order valence-corrected chi connectivity index (χ3v) is 8.98. The number of hydrogen-bond acceptors (Lipinski definition) is 11. The zero-order valence-corrected chi connectivity index (χ0v) is 44.4. The number of nitrogens with zero attached hydrogens (tertiary/aromatic N) is 5. The van der Waals surface area contributed by atoms with E-state index in [1.807, 2.05) is 80.7 Å². The van der Waals surface area contributed by atoms with Gasteiger partial charge in [-0.15, -0.1) is 11.6 Å². The molecule has 1 aliphatic heterocycles. The molecule has 0 radical (unpaired) electrons. The first-order valence-corrected chi connectivity index (χ1v) is 23.0. The van der Waals surface area contributed by atoms with Gasteiger partial charge in [-0.1, -0.05) is 150 Å². The van der Waals surface area contributed by atoms with E-state index >= 15 is 0 Å². The summed E-state index contributed by atoms with van der Waals surface area (Å²) in [6.07, 6.45) is 17.9. The second-order valence-corrected chi connectivity index (χ2v) is 15.4. The van der Waals surface area contributed by atoms with Crippen molar-refractivity contribution in [3.05, 3.63) is 221 Å². The van der Waals surface area contributed by atoms with E-state index in [0.717, 1.165) is 37.7 Å². The van der Waals surface area contributed by atoms with Crippen LogP contribution in [-0.2, 0) is 46.4 Å². The number of methoxy groups -OCH3 is 3. The molecule has 0 unspecified atom stereocenters. The Morgan fingerprint density at radius 2 is 0.817 bits per heavy atom. The van der Waals surface area contributed by atoms with Gasteiger partial charge in [0, 0.05) is 112 Å². The molecule has 71 heavy (non-hydrogen) atoms. The molecule has 0 aliphatic carbocycles. The van der Waals surface area contributed by atoms with E-state index in [1.54, 1.807) is 85.5 Å². The van der Waals surface area contributed by atoms with Crippen molar-refractivity contribution in [3.63, 3.8) is 0 Å². The summed E-state index contributed by atoms with van der Waals surface area (Å²) in [4.78, 5) is 11.8. The fraction of sp³-hybridized carbons (Fsp3) is 0.304. The maximum atomic E-state index is 8.68. The van der Waals surface area contributed by atoms with Crippen LogP contribution in [0.5, 0.6) is 0 Å². The molecule has 1 aliphatic rings. The Kier molecular flexibility index (Phi) is 43.8. The number of rotatable bonds is 8. The minimum absolute atomic E-state index is 0.0260. The van der Waals surface area contributed by atoms with Gasteiger partial charge in [0.15, 0.2) is 0 Å². The van der Waals surface area contributed by atoms with Crippen molar-refractivity contribution in [2.45, 2.75) is 66.3 Å². The van der Waals surface area contributed by atoms with Crippen LogP contribution >= 0.6 is 11.6 Å². The van der Waals surface area contributed by atoms with Crippen LogP contribution in [-0.4, -0.2) is 108 Å². The zero-order valence-electron chi connectivity index (χ0n) is 43.6. The van der Waals surface area contributed by atoms with Crippen LogP contribution < -0.4 is 5.46 Å². The van der Waals surface area contributed by atoms with Crippen molar-refractivity contribution in [3.8, 4) is 0 Å². The molecular weight excluding hydrogens is 917 g/mol. The van der Waals surface area contributed by atoms with Crippen LogP contribution in [0.4, 0.5) is 0 Å². The third kappa shape index (κ3) is 37.5. The summed E-state index contributed by atoms with van der Waals surface area (Å²) in [5.41, 5.74) is 11.1. The molecule has 2 aromatic heterocycles. The third-order valence-electron chi connectivity index (χ3n) is 8.67. The summed E-state index contributed by atoms with van der Waals surface area (Å²) in [5.74, 6) is 0.611. The Balaban J connectivity index is 0. The van der Waals surface area contributed by atoms with Crippen LogP contribution in [0.2, 0.25) is 0 Å². The molecule has 5 aromatic carbocycles. The van der Waals surface area contributed by atoms with Crippen LogP contribution in [0.15, 0.2) is 176 Å². The Morgan fingerprint density at radius 3 is 1.04 bits per heavy atom. The lowest BCUT2D eigenvalue weighted by Gasteiger charge is -2.02. The van der Waals surface area contributed by atoms with E-state index in [9.17, 15) is 0 Å². The normalized spacial score (nSPS) is 9.76. The molecule has 0 amide bonds. The van der Waals surface area contributed by atoms with E-state index in [1.165, 1.54) is 38.9 Å². The second-order valence-electron chi connectivity index (χ2n) is 15.2. The Bertz CT molecular complexity index is 2110. The molecule has 0 fully saturated rings. The van der Waals surface area contributed by atoms with E-state index in [-0.39, 0.29) is 13.2 Å². The van der Waals surface area contributed by atoms with Crippen molar-refractivity contribution in [2.24, 2.45) is 4.99 Å². The summed E-state index contributed by atoms with van der Waals surface area (Å²) in [7, 11) is 9.32. The van der Waals surface area contributed by atoms with Gasteiger partial charge in [0.2, 0.25) is 0 Å². The first kappa shape index (κ1) is 67.0. The first-order valence-electron chi connectivity index (χ1n) is 22.5. The number of halogens is 1. The van der Waals surface area contributed by atoms with Gasteiger partial charge in [-0.25, -0.2) is 9.97 Å². The molecule has 0 atom stereocenters. The van der Waals surface area contributed by atoms with Gasteiger partial charge in [0.1, 0.15) is 0 Å². The number of aliphatic imine (C=N–C) groups is 1. The van der Waals surface area contributed by atoms with Gasteiger partial charge in [-0.3, -0.25) is 4.99 Å². The van der Waals surface area contributed by atoms with Gasteiger partial charge in [0.25, 0.3) is 0 Å². The number of alkyl halides is 1. The first-order chi connectivity index (χ1) is 34.3. The summed E-state index contributed by atoms with van der Waals surface area (Å²) in [6, 6.07) is 39.6. The van der Waals surface area contributed by atoms with Gasteiger partial charge >= 0.3 is 7.12 Å². The molecule has 0 bridgehead atoms. The monoisotopic (exact) mass is 996 g/mol. The molecule has 8 rings (SSSR count). The Morgan fingerprint density at radius 1 is 0.507 bits per heavy atom. The highest BCUT2D eigenvalue weighted by Gasteiger charge is 2.09. The van der Waals surface area contributed by atoms with Crippen molar-refractivity contribution in [1.82, 2.24) is 19.1 Å². The molecule has 386 valence electrons. The van der Waals surface area contributed by atoms with Crippen LogP contribution in [0.3, 0.4) is 0 Å². The molecule has 0 spiro atoms. The number of allylic oxidation sites excluding steroid dienone is 1. The smallest absolute Gasteiger partial charge is 0.423 e. The summed E-state index contributed by atoms with van der Waals surface area (Å²) >= 11 is 5.58. The number of hydrogen-bond donors (Lipinski definition) is 5. The highest BCUT2D eigenvalue weighted by molar-refractivity contribution is 6.58. The van der Waals surface area contributed by atoms with Crippen molar-refractivity contribution in [2.75, 3.05) is 49.8 Å². The zero-order chi connectivity index (χ0) is 53.5. The SMILES string of the molecule is C1=CN=CC1.CO.COC.COC.COC.Cc1ccc(CCl)cc1.Cc1ccc(CO)cc1.Cc1ccc(Cn2ccnc2)cc1.Cc1ccc(Cn2ccnc2)cc1.OCc1ccc(B(O)O)cc1. The van der Waals surface area contributed by atoms with Gasteiger partial charge in [-0.2, -0.15) is 0 Å². The van der Waals surface area contributed by atoms with Gasteiger partial charge in [-0.05, 0) is 61.0 Å². The average Bonchev–Trinajstić information content (AvgIpc) is 4.24. The molecule has 13 nitrogen and oxygen atoms in total. The summed E-state index contributed by atoms with van der Waals surface area (Å²) in [5, 5.41) is 41.6. The lowest BCUT2D eigenvalue weighted by atomic mass is 9.80. The lowest BCUT2D eigenvalue weighted by molar-refractivity contribution is 0.277. The second kappa shape index (κ2) is 46.4. The van der Waals surface area contributed by atoms with Crippen molar-refractivity contribution < 1.29 is 39.6 Å². The van der Waals surface area contributed by atoms with Crippen LogP contribution in [0.25, 0.3) is 0 Å². The number of aliphatic hydroxyl groups excluding tert-OH is 3. The quantitative estimate of drug-likeness (QED) is 0.0730. The minimum atomic E-state index is -1.43. The van der Waals surface area contributed by atoms with E-state index in [2.05, 4.69) is 120 Å². The molecule has 0 saturated carbocycles. The molecular formula is C56H79BClN5O8. The molecule has 5 N–H and O–H groups in total. The summed E-state index contributed by atoms with van der Waals surface area (Å²) < 4.78 is 16.9. The standard InChI is InChI=1S/2C11H12N2.C8H9Cl.C8H10O.C7H9BO3.C4H5N.3C2H6O.CH4O/c2*1-10-2-4-11(5-3-10)8-13-7-6-12-9-13;2*1-7-2-4-8(6-9)5-3-7;9-5-6-1-3-7(4-2-6)8(10)11;1-2-4-5-3-1;3*1-3-2;1-2/h2*2-7,9H,8H2,1H3;2-5H,6H2,1H3;2-5,9H,6H2,1H3;1-4,9-11H,5H2;1,3-4H,2H2;3*1-2H3;2H,1H3. The topological polar surface area (TPSA) is 177 Å². The van der Waals surface area contributed by atoms with E-state index in [4.69, 9.17) is 37.0 Å². The van der Waals surface area contributed by atoms with Crippen molar-refractivity contribution >= 4 is 30.4 Å². The maximum Gasteiger partial charge on any atom is 0.488 e. The van der Waals surface area contributed by atoms with Crippen LogP contribution in [0, 0.1) is 27.7 Å². The number of imidazole rings is 2. The molecule has 7 aromatic rings. The number of aliphatic hydroxyl groups is 3. The Hall–Kier alpha value is -6.04. The van der Waals surface area contributed by atoms with E-state index < -0.39 is 7.12 Å². The number of aryl methyl sites for hydroxylation is 4. The van der Waals surface area contributed by atoms with Gasteiger partial charge < -0.3 is 48.7 Å². The fourth-order valence-electron chi connectivity index (χ4n) is 5.04. The largest absolute Gasteiger partial charge is 0.488 e. The predicted octanol–water partition coefficient (Wildman–Crippen LogP) is 8.93. The van der Waals surface area contributed by atoms with E-state index in [0.29, 0.717) is 11.3 Å². The highest BCUT2D eigenvalue weighted by atomic mass is 35.5. The van der Waals surface area contributed by atoms with Crippen molar-refractivity contribution in [1.29, 1.82) is 0 Å². The predicted molar refractivity (Wildman–Crippen MR) is 294 cm³/mol. The summed E-state index contributed by atoms with van der Waals surface area (Å²) in [6.45, 7) is 10.2. The fourth-order valence-corrected chi connectivity index (χ4v) is 5.22. The average molecular weight is 997 g/mol. The highest BCUT2D eigenvalue weighted by Crippen LogP contribution is 2.07. The molecule has 15 heteroatoms. The number of aromatic nitrogens is 4.